The Morgan fingerprint density at radius 1 is 1.50 bits per heavy atom. The van der Waals surface area contributed by atoms with Crippen LogP contribution < -0.4 is 10.2 Å². The average molecular weight is 296 g/mol. The molecule has 1 N–H and O–H groups in total. The first kappa shape index (κ1) is 13.6. The Morgan fingerprint density at radius 3 is 3.00 bits per heavy atom. The van der Waals surface area contributed by atoms with E-state index in [-0.39, 0.29) is 15.6 Å². The summed E-state index contributed by atoms with van der Waals surface area (Å²) in [5, 5.41) is 15.0. The molecule has 1 aromatic carbocycles. The van der Waals surface area contributed by atoms with E-state index in [0.717, 1.165) is 26.1 Å². The third-order valence-electron chi connectivity index (χ3n) is 4.59. The number of hydrogen-bond donors (Lipinski definition) is 1. The Bertz CT molecular complexity index is 537. The predicted molar refractivity (Wildman–Crippen MR) is 79.4 cm³/mol. The molecule has 2 aliphatic heterocycles. The van der Waals surface area contributed by atoms with Gasteiger partial charge in [-0.05, 0) is 30.4 Å². The first-order valence-corrected chi connectivity index (χ1v) is 7.41. The van der Waals surface area contributed by atoms with Crippen molar-refractivity contribution in [3.05, 3.63) is 33.3 Å². The zero-order valence-electron chi connectivity index (χ0n) is 11.4. The fourth-order valence-electron chi connectivity index (χ4n) is 3.74. The molecule has 3 rings (SSSR count). The molecule has 0 bridgehead atoms. The number of rotatable bonds is 3. The van der Waals surface area contributed by atoms with E-state index in [1.165, 1.54) is 0 Å². The molecule has 0 radical (unpaired) electrons. The second-order valence-electron chi connectivity index (χ2n) is 5.57. The number of hydrogen-bond acceptors (Lipinski definition) is 4. The highest BCUT2D eigenvalue weighted by atomic mass is 35.5. The van der Waals surface area contributed by atoms with Crippen molar-refractivity contribution in [3.8, 4) is 0 Å². The van der Waals surface area contributed by atoms with Crippen LogP contribution in [0, 0.1) is 22.0 Å². The summed E-state index contributed by atoms with van der Waals surface area (Å²) in [4.78, 5) is 13.2. The summed E-state index contributed by atoms with van der Waals surface area (Å²) < 4.78 is 0. The first-order chi connectivity index (χ1) is 9.63. The number of nitrogens with one attached hydrogen (secondary N) is 1. The molecule has 0 aliphatic carbocycles. The van der Waals surface area contributed by atoms with E-state index in [0.29, 0.717) is 23.6 Å². The number of para-hydroxylation sites is 1. The van der Waals surface area contributed by atoms with Crippen LogP contribution >= 0.6 is 11.6 Å². The predicted octanol–water partition coefficient (Wildman–Crippen LogP) is 2.68. The van der Waals surface area contributed by atoms with E-state index in [1.54, 1.807) is 12.1 Å². The Labute approximate surface area is 123 Å². The smallest absolute Gasteiger partial charge is 0.310 e. The molecule has 3 unspecified atom stereocenters. The topological polar surface area (TPSA) is 58.4 Å². The lowest BCUT2D eigenvalue weighted by Gasteiger charge is -2.28. The number of benzene rings is 1. The molecule has 2 fully saturated rings. The Balaban J connectivity index is 2.01. The van der Waals surface area contributed by atoms with Crippen LogP contribution in [0.15, 0.2) is 18.2 Å². The molecule has 3 atom stereocenters. The van der Waals surface area contributed by atoms with Crippen molar-refractivity contribution >= 4 is 23.0 Å². The summed E-state index contributed by atoms with van der Waals surface area (Å²) in [5.41, 5.74) is 0.712. The van der Waals surface area contributed by atoms with Crippen molar-refractivity contribution in [1.29, 1.82) is 0 Å². The van der Waals surface area contributed by atoms with Gasteiger partial charge in [0.1, 0.15) is 10.7 Å². The van der Waals surface area contributed by atoms with Gasteiger partial charge < -0.3 is 10.2 Å². The van der Waals surface area contributed by atoms with Gasteiger partial charge in [-0.25, -0.2) is 0 Å². The zero-order chi connectivity index (χ0) is 14.3. The molecule has 2 saturated heterocycles. The highest BCUT2D eigenvalue weighted by Crippen LogP contribution is 2.43. The fourth-order valence-corrected chi connectivity index (χ4v) is 3.98. The van der Waals surface area contributed by atoms with Crippen LogP contribution in [0.25, 0.3) is 0 Å². The second-order valence-corrected chi connectivity index (χ2v) is 5.98. The van der Waals surface area contributed by atoms with Gasteiger partial charge in [0.15, 0.2) is 0 Å². The van der Waals surface area contributed by atoms with E-state index in [2.05, 4.69) is 17.1 Å². The van der Waals surface area contributed by atoms with Gasteiger partial charge in [0.05, 0.1) is 4.92 Å². The van der Waals surface area contributed by atoms with E-state index in [1.807, 2.05) is 6.07 Å². The summed E-state index contributed by atoms with van der Waals surface area (Å²) in [6.07, 6.45) is 0.993. The minimum Gasteiger partial charge on any atom is -0.362 e. The average Bonchev–Trinajstić information content (AvgIpc) is 2.97. The summed E-state index contributed by atoms with van der Waals surface area (Å²) >= 11 is 6.03. The van der Waals surface area contributed by atoms with Gasteiger partial charge in [-0.3, -0.25) is 10.1 Å². The van der Waals surface area contributed by atoms with Crippen LogP contribution in [-0.4, -0.2) is 30.6 Å². The molecular weight excluding hydrogens is 278 g/mol. The van der Waals surface area contributed by atoms with Crippen molar-refractivity contribution < 1.29 is 4.92 Å². The van der Waals surface area contributed by atoms with Crippen LogP contribution in [-0.2, 0) is 0 Å². The van der Waals surface area contributed by atoms with Gasteiger partial charge >= 0.3 is 5.69 Å². The Kier molecular flexibility index (Phi) is 3.56. The molecule has 6 heteroatoms. The molecule has 5 nitrogen and oxygen atoms in total. The third kappa shape index (κ3) is 2.05. The molecule has 1 aromatic rings. The lowest BCUT2D eigenvalue weighted by Crippen LogP contribution is -2.35. The highest BCUT2D eigenvalue weighted by Gasteiger charge is 2.44. The zero-order valence-corrected chi connectivity index (χ0v) is 12.1. The van der Waals surface area contributed by atoms with Crippen LogP contribution in [0.1, 0.15) is 13.3 Å². The molecule has 0 spiro atoms. The molecular formula is C14H18ClN3O2. The summed E-state index contributed by atoms with van der Waals surface area (Å²) in [7, 11) is 0. The third-order valence-corrected chi connectivity index (χ3v) is 4.90. The standard InChI is InChI=1S/C14H18ClN3O2/c1-2-12-10-7-16-6-9(10)8-17(12)13-5-3-4-11(15)14(13)18(19)20/h3-5,9-10,12,16H,2,6-8H2,1H3. The fraction of sp³-hybridized carbons (Fsp3) is 0.571. The maximum atomic E-state index is 11.3. The summed E-state index contributed by atoms with van der Waals surface area (Å²) in [6.45, 7) is 5.03. The van der Waals surface area contributed by atoms with Crippen molar-refractivity contribution in [2.45, 2.75) is 19.4 Å². The van der Waals surface area contributed by atoms with Gasteiger partial charge in [-0.1, -0.05) is 24.6 Å². The van der Waals surface area contributed by atoms with Crippen molar-refractivity contribution in [1.82, 2.24) is 5.32 Å². The molecule has 0 saturated carbocycles. The number of halogens is 1. The number of nitro benzene ring substituents is 1. The monoisotopic (exact) mass is 295 g/mol. The lowest BCUT2D eigenvalue weighted by molar-refractivity contribution is -0.384. The van der Waals surface area contributed by atoms with Crippen molar-refractivity contribution in [2.24, 2.45) is 11.8 Å². The molecule has 2 aliphatic rings. The Hall–Kier alpha value is -1.33. The highest BCUT2D eigenvalue weighted by molar-refractivity contribution is 6.33. The lowest BCUT2D eigenvalue weighted by atomic mass is 9.93. The normalized spacial score (nSPS) is 28.7. The maximum absolute atomic E-state index is 11.3. The molecule has 2 heterocycles. The molecule has 0 aromatic heterocycles. The van der Waals surface area contributed by atoms with Crippen molar-refractivity contribution in [3.63, 3.8) is 0 Å². The molecule has 0 amide bonds. The minimum absolute atomic E-state index is 0.0422. The van der Waals surface area contributed by atoms with Crippen LogP contribution in [0.3, 0.4) is 0 Å². The van der Waals surface area contributed by atoms with E-state index < -0.39 is 0 Å². The van der Waals surface area contributed by atoms with Gasteiger partial charge in [-0.15, -0.1) is 0 Å². The van der Waals surface area contributed by atoms with Crippen LogP contribution in [0.2, 0.25) is 5.02 Å². The van der Waals surface area contributed by atoms with Gasteiger partial charge in [0.2, 0.25) is 0 Å². The molecule has 20 heavy (non-hydrogen) atoms. The van der Waals surface area contributed by atoms with E-state index in [4.69, 9.17) is 11.6 Å². The van der Waals surface area contributed by atoms with Crippen LogP contribution in [0.4, 0.5) is 11.4 Å². The van der Waals surface area contributed by atoms with E-state index in [9.17, 15) is 10.1 Å². The second kappa shape index (κ2) is 5.22. The van der Waals surface area contributed by atoms with Gasteiger partial charge in [0.25, 0.3) is 0 Å². The number of fused-ring (bicyclic) bond motifs is 1. The number of nitro groups is 1. The number of anilines is 1. The minimum atomic E-state index is -0.364. The maximum Gasteiger partial charge on any atom is 0.310 e. The first-order valence-electron chi connectivity index (χ1n) is 7.03. The summed E-state index contributed by atoms with van der Waals surface area (Å²) in [5.74, 6) is 1.16. The molecule has 108 valence electrons. The summed E-state index contributed by atoms with van der Waals surface area (Å²) in [6, 6.07) is 5.56. The van der Waals surface area contributed by atoms with Gasteiger partial charge in [-0.2, -0.15) is 0 Å². The van der Waals surface area contributed by atoms with Gasteiger partial charge in [0, 0.05) is 25.7 Å². The van der Waals surface area contributed by atoms with Crippen molar-refractivity contribution in [2.75, 3.05) is 24.5 Å². The quantitative estimate of drug-likeness (QED) is 0.688. The van der Waals surface area contributed by atoms with E-state index >= 15 is 0 Å². The Morgan fingerprint density at radius 2 is 2.30 bits per heavy atom. The largest absolute Gasteiger partial charge is 0.362 e. The van der Waals surface area contributed by atoms with Crippen LogP contribution in [0.5, 0.6) is 0 Å². The number of nitrogens with zero attached hydrogens (tertiary/aromatic N) is 2. The SMILES string of the molecule is CCC1C2CNCC2CN1c1cccc(Cl)c1[N+](=O)[O-].